The zero-order chi connectivity index (χ0) is 23.7. The van der Waals surface area contributed by atoms with Crippen molar-refractivity contribution in [1.29, 1.82) is 0 Å². The van der Waals surface area contributed by atoms with Gasteiger partial charge in [0, 0.05) is 31.9 Å². The molecule has 1 N–H and O–H groups in total. The van der Waals surface area contributed by atoms with Crippen LogP contribution in [-0.2, 0) is 18.3 Å². The van der Waals surface area contributed by atoms with Crippen LogP contribution in [-0.4, -0.2) is 53.3 Å². The van der Waals surface area contributed by atoms with Gasteiger partial charge in [0.15, 0.2) is 0 Å². The molecule has 3 heterocycles. The van der Waals surface area contributed by atoms with Crippen molar-refractivity contribution < 1.29 is 18.3 Å². The molecule has 1 saturated heterocycles. The zero-order valence-electron chi connectivity index (χ0n) is 18.8. The van der Waals surface area contributed by atoms with Gasteiger partial charge in [0.25, 0.3) is 5.56 Å². The molecule has 0 radical (unpaired) electrons. The van der Waals surface area contributed by atoms with E-state index in [1.807, 2.05) is 24.4 Å². The van der Waals surface area contributed by atoms with Crippen LogP contribution in [0.25, 0.3) is 16.5 Å². The molecule has 2 aliphatic rings. The summed E-state index contributed by atoms with van der Waals surface area (Å²) in [5.74, 6) is 0.0965. The average molecular weight is 469 g/mol. The van der Waals surface area contributed by atoms with Crippen LogP contribution in [0.2, 0.25) is 0 Å². The Bertz CT molecular complexity index is 1310. The van der Waals surface area contributed by atoms with E-state index in [1.165, 1.54) is 10.7 Å². The van der Waals surface area contributed by atoms with Gasteiger partial charge in [0.2, 0.25) is 0 Å². The molecule has 1 aromatic heterocycles. The number of para-hydroxylation sites is 1. The van der Waals surface area contributed by atoms with Crippen molar-refractivity contribution >= 4 is 16.5 Å². The third-order valence-electron chi connectivity index (χ3n) is 6.31. The molecule has 34 heavy (non-hydrogen) atoms. The number of fused-ring (bicyclic) bond motifs is 1. The highest BCUT2D eigenvalue weighted by atomic mass is 19.3. The SMILES string of the molecule is Cn1c(=O)c2ccc(C3=CNC(N4CCOCC4)C=C3)cc2n1Cc1ccccc1OC(F)F. The van der Waals surface area contributed by atoms with Gasteiger partial charge < -0.3 is 14.8 Å². The Labute approximate surface area is 195 Å². The van der Waals surface area contributed by atoms with Crippen molar-refractivity contribution in [3.8, 4) is 5.75 Å². The third kappa shape index (κ3) is 4.36. The number of aromatic nitrogens is 2. The van der Waals surface area contributed by atoms with E-state index >= 15 is 0 Å². The van der Waals surface area contributed by atoms with E-state index in [2.05, 4.69) is 27.1 Å². The van der Waals surface area contributed by atoms with Crippen LogP contribution in [0.15, 0.2) is 65.6 Å². The van der Waals surface area contributed by atoms with Crippen LogP contribution < -0.4 is 15.6 Å². The Balaban J connectivity index is 1.45. The van der Waals surface area contributed by atoms with Gasteiger partial charge in [-0.3, -0.25) is 19.1 Å². The van der Waals surface area contributed by atoms with Crippen LogP contribution in [0.1, 0.15) is 11.1 Å². The lowest BCUT2D eigenvalue weighted by molar-refractivity contribution is -0.0505. The highest BCUT2D eigenvalue weighted by Gasteiger charge is 2.20. The number of allylic oxidation sites excluding steroid dienone is 2. The molecule has 5 rings (SSSR count). The molecular weight excluding hydrogens is 442 g/mol. The number of dihydropyridines is 1. The van der Waals surface area contributed by atoms with Crippen LogP contribution in [0, 0.1) is 0 Å². The van der Waals surface area contributed by atoms with E-state index in [0.29, 0.717) is 10.9 Å². The van der Waals surface area contributed by atoms with E-state index in [9.17, 15) is 13.6 Å². The summed E-state index contributed by atoms with van der Waals surface area (Å²) in [6.45, 7) is 0.520. The van der Waals surface area contributed by atoms with Gasteiger partial charge in [-0.25, -0.2) is 0 Å². The number of nitrogens with zero attached hydrogens (tertiary/aromatic N) is 3. The molecule has 0 bridgehead atoms. The van der Waals surface area contributed by atoms with Gasteiger partial charge in [0.1, 0.15) is 5.75 Å². The smallest absolute Gasteiger partial charge is 0.387 e. The number of nitrogens with one attached hydrogen (secondary N) is 1. The second-order valence-corrected chi connectivity index (χ2v) is 8.32. The fourth-order valence-corrected chi connectivity index (χ4v) is 4.49. The largest absolute Gasteiger partial charge is 0.434 e. The molecule has 7 nitrogen and oxygen atoms in total. The summed E-state index contributed by atoms with van der Waals surface area (Å²) in [5, 5.41) is 4.01. The fourth-order valence-electron chi connectivity index (χ4n) is 4.49. The second-order valence-electron chi connectivity index (χ2n) is 8.32. The van der Waals surface area contributed by atoms with Gasteiger partial charge in [-0.15, -0.1) is 0 Å². The first-order valence-electron chi connectivity index (χ1n) is 11.2. The average Bonchev–Trinajstić information content (AvgIpc) is 3.10. The number of halogens is 2. The number of alkyl halides is 2. The molecule has 3 aromatic rings. The third-order valence-corrected chi connectivity index (χ3v) is 6.31. The maximum Gasteiger partial charge on any atom is 0.387 e. The summed E-state index contributed by atoms with van der Waals surface area (Å²) < 4.78 is 39.1. The van der Waals surface area contributed by atoms with Gasteiger partial charge in [-0.05, 0) is 35.4 Å². The summed E-state index contributed by atoms with van der Waals surface area (Å²) in [4.78, 5) is 15.2. The van der Waals surface area contributed by atoms with E-state index in [-0.39, 0.29) is 24.0 Å². The summed E-state index contributed by atoms with van der Waals surface area (Å²) in [5.41, 5.74) is 3.09. The van der Waals surface area contributed by atoms with Crippen LogP contribution in [0.3, 0.4) is 0 Å². The lowest BCUT2D eigenvalue weighted by atomic mass is 10.0. The van der Waals surface area contributed by atoms with E-state index in [1.54, 1.807) is 29.9 Å². The predicted octanol–water partition coefficient (Wildman–Crippen LogP) is 3.15. The molecule has 2 aromatic carbocycles. The number of morpholine rings is 1. The summed E-state index contributed by atoms with van der Waals surface area (Å²) in [7, 11) is 1.67. The first-order valence-corrected chi connectivity index (χ1v) is 11.2. The van der Waals surface area contributed by atoms with E-state index in [4.69, 9.17) is 4.74 Å². The fraction of sp³-hybridized carbons (Fsp3) is 0.320. The number of benzene rings is 2. The maximum absolute atomic E-state index is 12.9. The first-order chi connectivity index (χ1) is 16.5. The normalized spacial score (nSPS) is 18.8. The van der Waals surface area contributed by atoms with Crippen molar-refractivity contribution in [3.05, 3.63) is 82.3 Å². The molecular formula is C25H26F2N4O3. The van der Waals surface area contributed by atoms with Crippen molar-refractivity contribution in [2.24, 2.45) is 7.05 Å². The van der Waals surface area contributed by atoms with E-state index in [0.717, 1.165) is 43.0 Å². The molecule has 1 atom stereocenters. The minimum atomic E-state index is -2.92. The van der Waals surface area contributed by atoms with Crippen LogP contribution in [0.5, 0.6) is 5.75 Å². The summed E-state index contributed by atoms with van der Waals surface area (Å²) >= 11 is 0. The Morgan fingerprint density at radius 2 is 1.97 bits per heavy atom. The molecule has 0 amide bonds. The van der Waals surface area contributed by atoms with Crippen molar-refractivity contribution in [2.75, 3.05) is 26.3 Å². The summed E-state index contributed by atoms with van der Waals surface area (Å²) in [6.07, 6.45) is 6.31. The van der Waals surface area contributed by atoms with Crippen molar-refractivity contribution in [1.82, 2.24) is 19.6 Å². The lowest BCUT2D eigenvalue weighted by Gasteiger charge is -2.34. The quantitative estimate of drug-likeness (QED) is 0.603. The molecule has 9 heteroatoms. The minimum Gasteiger partial charge on any atom is -0.434 e. The monoisotopic (exact) mass is 468 g/mol. The van der Waals surface area contributed by atoms with Crippen molar-refractivity contribution in [3.63, 3.8) is 0 Å². The number of ether oxygens (including phenoxy) is 2. The molecule has 1 unspecified atom stereocenters. The Hall–Kier alpha value is -3.43. The molecule has 0 spiro atoms. The molecule has 178 valence electrons. The molecule has 2 aliphatic heterocycles. The van der Waals surface area contributed by atoms with Crippen LogP contribution in [0.4, 0.5) is 8.78 Å². The topological polar surface area (TPSA) is 60.7 Å². The van der Waals surface area contributed by atoms with Crippen molar-refractivity contribution in [2.45, 2.75) is 19.3 Å². The van der Waals surface area contributed by atoms with Gasteiger partial charge >= 0.3 is 6.61 Å². The Morgan fingerprint density at radius 3 is 2.71 bits per heavy atom. The number of hydrogen-bond donors (Lipinski definition) is 1. The first kappa shape index (κ1) is 22.4. The van der Waals surface area contributed by atoms with E-state index < -0.39 is 6.61 Å². The van der Waals surface area contributed by atoms with Gasteiger partial charge in [0.05, 0.1) is 36.8 Å². The predicted molar refractivity (Wildman–Crippen MR) is 126 cm³/mol. The molecule has 0 saturated carbocycles. The highest BCUT2D eigenvalue weighted by Crippen LogP contribution is 2.26. The highest BCUT2D eigenvalue weighted by molar-refractivity contribution is 5.85. The maximum atomic E-state index is 12.9. The Kier molecular flexibility index (Phi) is 6.21. The van der Waals surface area contributed by atoms with Gasteiger partial charge in [-0.2, -0.15) is 8.78 Å². The standard InChI is InChI=1S/C25H26F2N4O3/c1-29-24(32)20-8-6-17(18-7-9-23(28-15-18)30-10-12-33-13-11-30)14-21(20)31(29)16-19-4-2-3-5-22(19)34-25(26)27/h2-9,14-15,23,25,28H,10-13,16H2,1H3. The molecule has 1 fully saturated rings. The summed E-state index contributed by atoms with van der Waals surface area (Å²) in [6, 6.07) is 12.3. The number of hydrogen-bond acceptors (Lipinski definition) is 5. The lowest BCUT2D eigenvalue weighted by Crippen LogP contribution is -2.48. The minimum absolute atomic E-state index is 0.0965. The van der Waals surface area contributed by atoms with Gasteiger partial charge in [-0.1, -0.05) is 30.3 Å². The number of rotatable bonds is 6. The second kappa shape index (κ2) is 9.44. The Morgan fingerprint density at radius 1 is 1.18 bits per heavy atom. The zero-order valence-corrected chi connectivity index (χ0v) is 18.8. The van der Waals surface area contributed by atoms with Crippen LogP contribution >= 0.6 is 0 Å². The molecule has 0 aliphatic carbocycles.